The second-order valence-corrected chi connectivity index (χ2v) is 9.05. The smallest absolute Gasteiger partial charge is 0.282 e. The van der Waals surface area contributed by atoms with E-state index in [1.54, 1.807) is 0 Å². The van der Waals surface area contributed by atoms with Crippen molar-refractivity contribution in [1.29, 1.82) is 0 Å². The van der Waals surface area contributed by atoms with Gasteiger partial charge in [0.15, 0.2) is 0 Å². The number of anilines is 1. The van der Waals surface area contributed by atoms with Crippen LogP contribution in [0, 0.1) is 0 Å². The van der Waals surface area contributed by atoms with Crippen LogP contribution in [0.4, 0.5) is 5.69 Å². The summed E-state index contributed by atoms with van der Waals surface area (Å²) in [6.07, 6.45) is 0.896. The normalized spacial score (nSPS) is 22.7. The Balaban J connectivity index is 1.31. The number of benzene rings is 1. The lowest BCUT2D eigenvalue weighted by molar-refractivity contribution is -0.119. The van der Waals surface area contributed by atoms with E-state index in [0.717, 1.165) is 18.7 Å². The highest BCUT2D eigenvalue weighted by Crippen LogP contribution is 2.27. The van der Waals surface area contributed by atoms with E-state index in [4.69, 9.17) is 4.74 Å². The molecular formula is C18H26N4O4S. The van der Waals surface area contributed by atoms with E-state index >= 15 is 0 Å². The van der Waals surface area contributed by atoms with Crippen molar-refractivity contribution in [2.45, 2.75) is 6.42 Å². The third-order valence-electron chi connectivity index (χ3n) is 5.50. The number of amides is 1. The molecule has 0 aliphatic carbocycles. The van der Waals surface area contributed by atoms with Crippen LogP contribution < -0.4 is 4.90 Å². The van der Waals surface area contributed by atoms with Crippen molar-refractivity contribution in [1.82, 2.24) is 13.5 Å². The fraction of sp³-hybridized carbons (Fsp3) is 0.611. The molecule has 148 valence electrons. The van der Waals surface area contributed by atoms with Crippen LogP contribution in [-0.2, 0) is 26.2 Å². The summed E-state index contributed by atoms with van der Waals surface area (Å²) in [5.74, 6) is 0.0874. The molecule has 0 atom stereocenters. The van der Waals surface area contributed by atoms with Gasteiger partial charge in [0.05, 0.1) is 19.8 Å². The minimum atomic E-state index is -3.43. The molecule has 0 saturated carbocycles. The highest BCUT2D eigenvalue weighted by Gasteiger charge is 2.34. The fourth-order valence-corrected chi connectivity index (χ4v) is 5.49. The molecule has 4 rings (SSSR count). The Morgan fingerprint density at radius 2 is 1.59 bits per heavy atom. The molecule has 2 saturated heterocycles. The van der Waals surface area contributed by atoms with Crippen molar-refractivity contribution in [3.63, 3.8) is 0 Å². The highest BCUT2D eigenvalue weighted by molar-refractivity contribution is 7.86. The molecule has 1 aromatic rings. The SMILES string of the molecule is O=C(CN1CCN(S(=O)(=O)N2CCOCC2)CC1)N1CCc2ccccc21. The molecule has 1 amide bonds. The van der Waals surface area contributed by atoms with Crippen molar-refractivity contribution in [2.24, 2.45) is 0 Å². The molecule has 27 heavy (non-hydrogen) atoms. The second-order valence-electron chi connectivity index (χ2n) is 7.12. The van der Waals surface area contributed by atoms with Crippen LogP contribution in [0.25, 0.3) is 0 Å². The molecule has 3 aliphatic heterocycles. The minimum Gasteiger partial charge on any atom is -0.379 e. The van der Waals surface area contributed by atoms with Crippen LogP contribution in [0.3, 0.4) is 0 Å². The van der Waals surface area contributed by atoms with E-state index in [-0.39, 0.29) is 5.91 Å². The predicted molar refractivity (Wildman–Crippen MR) is 102 cm³/mol. The molecule has 9 heteroatoms. The first-order valence-corrected chi connectivity index (χ1v) is 10.9. The summed E-state index contributed by atoms with van der Waals surface area (Å²) in [5.41, 5.74) is 2.23. The third-order valence-corrected chi connectivity index (χ3v) is 7.54. The second kappa shape index (κ2) is 7.84. The number of hydrogen-bond acceptors (Lipinski definition) is 5. The first-order chi connectivity index (χ1) is 13.1. The molecule has 0 radical (unpaired) electrons. The third kappa shape index (κ3) is 3.88. The number of piperazine rings is 1. The van der Waals surface area contributed by atoms with Gasteiger partial charge in [-0.3, -0.25) is 9.69 Å². The Morgan fingerprint density at radius 3 is 2.33 bits per heavy atom. The Labute approximate surface area is 160 Å². The van der Waals surface area contributed by atoms with E-state index in [1.807, 2.05) is 23.1 Å². The molecule has 0 aromatic heterocycles. The molecule has 2 fully saturated rings. The van der Waals surface area contributed by atoms with Crippen molar-refractivity contribution in [2.75, 3.05) is 70.5 Å². The average Bonchev–Trinajstić information content (AvgIpc) is 3.13. The van der Waals surface area contributed by atoms with Crippen LogP contribution in [0.2, 0.25) is 0 Å². The summed E-state index contributed by atoms with van der Waals surface area (Å²) < 4.78 is 33.7. The number of carbonyl (C=O) groups excluding carboxylic acids is 1. The van der Waals surface area contributed by atoms with Crippen LogP contribution >= 0.6 is 0 Å². The van der Waals surface area contributed by atoms with Gasteiger partial charge in [-0.05, 0) is 18.1 Å². The Bertz CT molecular complexity index is 786. The molecular weight excluding hydrogens is 368 g/mol. The highest BCUT2D eigenvalue weighted by atomic mass is 32.2. The quantitative estimate of drug-likeness (QED) is 0.705. The van der Waals surface area contributed by atoms with Crippen molar-refractivity contribution in [3.8, 4) is 0 Å². The van der Waals surface area contributed by atoms with Gasteiger partial charge in [0.2, 0.25) is 5.91 Å². The maximum atomic E-state index is 12.7. The largest absolute Gasteiger partial charge is 0.379 e. The number of carbonyl (C=O) groups is 1. The molecule has 0 bridgehead atoms. The number of rotatable bonds is 4. The molecule has 8 nitrogen and oxygen atoms in total. The first-order valence-electron chi connectivity index (χ1n) is 9.49. The minimum absolute atomic E-state index is 0.0874. The summed E-state index contributed by atoms with van der Waals surface area (Å²) >= 11 is 0. The van der Waals surface area contributed by atoms with Gasteiger partial charge in [-0.15, -0.1) is 0 Å². The van der Waals surface area contributed by atoms with Crippen molar-refractivity contribution >= 4 is 21.8 Å². The molecule has 0 unspecified atom stereocenters. The lowest BCUT2D eigenvalue weighted by Gasteiger charge is -2.37. The molecule has 3 aliphatic rings. The van der Waals surface area contributed by atoms with Gasteiger partial charge in [0, 0.05) is 51.5 Å². The number of ether oxygens (including phenoxy) is 1. The van der Waals surface area contributed by atoms with Crippen molar-refractivity contribution in [3.05, 3.63) is 29.8 Å². The maximum absolute atomic E-state index is 12.7. The zero-order chi connectivity index (χ0) is 18.9. The summed E-state index contributed by atoms with van der Waals surface area (Å²) in [6.45, 7) is 4.77. The van der Waals surface area contributed by atoms with E-state index in [1.165, 1.54) is 14.2 Å². The molecule has 0 N–H and O–H groups in total. The number of hydrogen-bond donors (Lipinski definition) is 0. The standard InChI is InChI=1S/C18H26N4O4S/c23-18(22-6-5-16-3-1-2-4-17(16)22)15-19-7-9-20(10-8-19)27(24,25)21-11-13-26-14-12-21/h1-4H,5-15H2. The van der Waals surface area contributed by atoms with Crippen LogP contribution in [0.5, 0.6) is 0 Å². The van der Waals surface area contributed by atoms with E-state index in [0.29, 0.717) is 59.0 Å². The zero-order valence-electron chi connectivity index (χ0n) is 15.4. The van der Waals surface area contributed by atoms with E-state index in [9.17, 15) is 13.2 Å². The molecule has 0 spiro atoms. The Kier molecular flexibility index (Phi) is 5.47. The van der Waals surface area contributed by atoms with Gasteiger partial charge in [-0.1, -0.05) is 18.2 Å². The van der Waals surface area contributed by atoms with Crippen LogP contribution in [-0.4, -0.2) is 93.4 Å². The van der Waals surface area contributed by atoms with E-state index < -0.39 is 10.2 Å². The Hall–Kier alpha value is -1.52. The van der Waals surface area contributed by atoms with Gasteiger partial charge in [0.25, 0.3) is 10.2 Å². The average molecular weight is 394 g/mol. The van der Waals surface area contributed by atoms with Gasteiger partial charge < -0.3 is 9.64 Å². The molecule has 1 aromatic carbocycles. The number of fused-ring (bicyclic) bond motifs is 1. The Morgan fingerprint density at radius 1 is 0.926 bits per heavy atom. The number of morpholine rings is 1. The summed E-state index contributed by atoms with van der Waals surface area (Å²) in [5, 5.41) is 0. The van der Waals surface area contributed by atoms with Gasteiger partial charge >= 0.3 is 0 Å². The first kappa shape index (κ1) is 18.8. The summed E-state index contributed by atoms with van der Waals surface area (Å²) in [7, 11) is -3.43. The van der Waals surface area contributed by atoms with Gasteiger partial charge in [-0.25, -0.2) is 0 Å². The number of para-hydroxylation sites is 1. The summed E-state index contributed by atoms with van der Waals surface area (Å²) in [4.78, 5) is 16.6. The van der Waals surface area contributed by atoms with Crippen molar-refractivity contribution < 1.29 is 17.9 Å². The predicted octanol–water partition coefficient (Wildman–Crippen LogP) is -0.230. The summed E-state index contributed by atoms with van der Waals surface area (Å²) in [6, 6.07) is 8.02. The zero-order valence-corrected chi connectivity index (χ0v) is 16.2. The van der Waals surface area contributed by atoms with E-state index in [2.05, 4.69) is 11.0 Å². The number of nitrogens with zero attached hydrogens (tertiary/aromatic N) is 4. The van der Waals surface area contributed by atoms with Crippen LogP contribution in [0.15, 0.2) is 24.3 Å². The maximum Gasteiger partial charge on any atom is 0.282 e. The monoisotopic (exact) mass is 394 g/mol. The lowest BCUT2D eigenvalue weighted by atomic mass is 10.2. The fourth-order valence-electron chi connectivity index (χ4n) is 3.93. The topological polar surface area (TPSA) is 73.4 Å². The molecule has 3 heterocycles. The van der Waals surface area contributed by atoms with Crippen LogP contribution in [0.1, 0.15) is 5.56 Å². The van der Waals surface area contributed by atoms with Gasteiger partial charge in [0.1, 0.15) is 0 Å². The van der Waals surface area contributed by atoms with Gasteiger partial charge in [-0.2, -0.15) is 17.0 Å². The lowest BCUT2D eigenvalue weighted by Crippen LogP contribution is -2.56.